The van der Waals surface area contributed by atoms with Crippen molar-refractivity contribution in [2.45, 2.75) is 26.9 Å². The Hall–Kier alpha value is -0.910. The first-order valence-electron chi connectivity index (χ1n) is 5.38. The molecule has 17 heavy (non-hydrogen) atoms. The number of hydrogen-bond acceptors (Lipinski definition) is 4. The minimum Gasteiger partial charge on any atom is -0.306 e. The number of aryl methyl sites for hydroxylation is 2. The predicted molar refractivity (Wildman–Crippen MR) is 70.3 cm³/mol. The minimum absolute atomic E-state index is 0.732. The number of hydrogen-bond donors (Lipinski definition) is 1. The van der Waals surface area contributed by atoms with Crippen LogP contribution in [0.2, 0.25) is 4.34 Å². The fraction of sp³-hybridized carbons (Fsp3) is 0.455. The van der Waals surface area contributed by atoms with Gasteiger partial charge in [0, 0.05) is 31.4 Å². The molecule has 0 radical (unpaired) electrons. The fourth-order valence-corrected chi connectivity index (χ4v) is 2.66. The highest BCUT2D eigenvalue weighted by Crippen LogP contribution is 2.18. The van der Waals surface area contributed by atoms with Crippen LogP contribution in [0.25, 0.3) is 0 Å². The fourth-order valence-electron chi connectivity index (χ4n) is 1.74. The third-order valence-electron chi connectivity index (χ3n) is 2.76. The van der Waals surface area contributed by atoms with Gasteiger partial charge in [-0.25, -0.2) is 4.98 Å². The van der Waals surface area contributed by atoms with E-state index in [2.05, 4.69) is 22.3 Å². The Kier molecular flexibility index (Phi) is 3.81. The Morgan fingerprint density at radius 1 is 1.41 bits per heavy atom. The van der Waals surface area contributed by atoms with Gasteiger partial charge in [0.1, 0.15) is 9.34 Å². The van der Waals surface area contributed by atoms with Crippen molar-refractivity contribution in [1.29, 1.82) is 0 Å². The lowest BCUT2D eigenvalue weighted by Gasteiger charge is -2.03. The number of nitrogens with one attached hydrogen (secondary N) is 1. The van der Waals surface area contributed by atoms with Crippen molar-refractivity contribution in [2.75, 3.05) is 0 Å². The summed E-state index contributed by atoms with van der Waals surface area (Å²) >= 11 is 7.33. The van der Waals surface area contributed by atoms with E-state index < -0.39 is 0 Å². The Labute approximate surface area is 110 Å². The van der Waals surface area contributed by atoms with E-state index in [9.17, 15) is 0 Å². The van der Waals surface area contributed by atoms with Crippen LogP contribution in [0.4, 0.5) is 0 Å². The first-order valence-corrected chi connectivity index (χ1v) is 6.57. The third-order valence-corrected chi connectivity index (χ3v) is 3.88. The molecule has 0 aliphatic heterocycles. The second-order valence-corrected chi connectivity index (χ2v) is 5.68. The van der Waals surface area contributed by atoms with Crippen molar-refractivity contribution in [3.63, 3.8) is 0 Å². The minimum atomic E-state index is 0.732. The van der Waals surface area contributed by atoms with Crippen LogP contribution < -0.4 is 5.32 Å². The van der Waals surface area contributed by atoms with Crippen LogP contribution in [0.15, 0.2) is 6.20 Å². The van der Waals surface area contributed by atoms with Gasteiger partial charge in [0.05, 0.1) is 11.9 Å². The van der Waals surface area contributed by atoms with Crippen LogP contribution in [0.5, 0.6) is 0 Å². The standard InChI is InChI=1S/C11H15ClN4S/c1-7-9(8(2)16(3)15-7)4-13-6-11-14-5-10(12)17-11/h5,13H,4,6H2,1-3H3. The molecule has 0 saturated heterocycles. The SMILES string of the molecule is Cc1nn(C)c(C)c1CNCc1ncc(Cl)s1. The molecule has 92 valence electrons. The molecule has 2 aromatic heterocycles. The van der Waals surface area contributed by atoms with Crippen LogP contribution >= 0.6 is 22.9 Å². The first kappa shape index (κ1) is 12.5. The van der Waals surface area contributed by atoms with E-state index >= 15 is 0 Å². The summed E-state index contributed by atoms with van der Waals surface area (Å²) in [4.78, 5) is 4.20. The topological polar surface area (TPSA) is 42.7 Å². The van der Waals surface area contributed by atoms with Crippen LogP contribution in [0.3, 0.4) is 0 Å². The highest BCUT2D eigenvalue weighted by atomic mass is 35.5. The summed E-state index contributed by atoms with van der Waals surface area (Å²) in [5.74, 6) is 0. The lowest BCUT2D eigenvalue weighted by Crippen LogP contribution is -2.13. The Balaban J connectivity index is 1.94. The predicted octanol–water partition coefficient (Wildman–Crippen LogP) is 2.44. The van der Waals surface area contributed by atoms with Gasteiger partial charge in [0.25, 0.3) is 0 Å². The van der Waals surface area contributed by atoms with E-state index in [0.29, 0.717) is 0 Å². The zero-order valence-electron chi connectivity index (χ0n) is 10.1. The molecule has 0 saturated carbocycles. The molecule has 0 amide bonds. The zero-order chi connectivity index (χ0) is 12.4. The summed E-state index contributed by atoms with van der Waals surface area (Å²) in [6, 6.07) is 0. The van der Waals surface area contributed by atoms with Crippen LogP contribution in [0.1, 0.15) is 22.0 Å². The summed E-state index contributed by atoms with van der Waals surface area (Å²) in [5.41, 5.74) is 3.54. The molecule has 0 aliphatic carbocycles. The average molecular weight is 271 g/mol. The highest BCUT2D eigenvalue weighted by Gasteiger charge is 2.08. The Morgan fingerprint density at radius 3 is 2.71 bits per heavy atom. The maximum absolute atomic E-state index is 5.83. The van der Waals surface area contributed by atoms with E-state index in [0.717, 1.165) is 28.1 Å². The quantitative estimate of drug-likeness (QED) is 0.928. The van der Waals surface area contributed by atoms with Crippen molar-refractivity contribution in [3.8, 4) is 0 Å². The second kappa shape index (κ2) is 5.16. The molecule has 1 N–H and O–H groups in total. The molecule has 2 rings (SSSR count). The normalized spacial score (nSPS) is 11.1. The first-order chi connectivity index (χ1) is 8.08. The summed E-state index contributed by atoms with van der Waals surface area (Å²) in [6.07, 6.45) is 1.68. The molecular weight excluding hydrogens is 256 g/mol. The van der Waals surface area contributed by atoms with Gasteiger partial charge >= 0.3 is 0 Å². The second-order valence-electron chi connectivity index (χ2n) is 3.93. The molecule has 0 unspecified atom stereocenters. The number of rotatable bonds is 4. The Bertz CT molecular complexity index is 518. The zero-order valence-corrected chi connectivity index (χ0v) is 11.7. The van der Waals surface area contributed by atoms with Crippen molar-refractivity contribution in [2.24, 2.45) is 7.05 Å². The van der Waals surface area contributed by atoms with Gasteiger partial charge in [-0.2, -0.15) is 5.10 Å². The molecule has 0 fully saturated rings. The lowest BCUT2D eigenvalue weighted by atomic mass is 10.2. The molecule has 0 atom stereocenters. The van der Waals surface area contributed by atoms with Gasteiger partial charge < -0.3 is 5.32 Å². The molecule has 0 spiro atoms. The van der Waals surface area contributed by atoms with Gasteiger partial charge in [0.15, 0.2) is 0 Å². The van der Waals surface area contributed by atoms with Gasteiger partial charge in [-0.3, -0.25) is 4.68 Å². The van der Waals surface area contributed by atoms with E-state index in [4.69, 9.17) is 11.6 Å². The van der Waals surface area contributed by atoms with E-state index in [1.165, 1.54) is 22.6 Å². The maximum Gasteiger partial charge on any atom is 0.113 e. The van der Waals surface area contributed by atoms with Crippen molar-refractivity contribution in [3.05, 3.63) is 32.5 Å². The van der Waals surface area contributed by atoms with Crippen molar-refractivity contribution in [1.82, 2.24) is 20.1 Å². The summed E-state index contributed by atoms with van der Waals surface area (Å²) < 4.78 is 2.64. The molecule has 0 bridgehead atoms. The van der Waals surface area contributed by atoms with Crippen molar-refractivity contribution < 1.29 is 0 Å². The molecule has 6 heteroatoms. The summed E-state index contributed by atoms with van der Waals surface area (Å²) in [6.45, 7) is 5.66. The Morgan fingerprint density at radius 2 is 2.18 bits per heavy atom. The van der Waals surface area contributed by atoms with Crippen LogP contribution in [-0.2, 0) is 20.1 Å². The average Bonchev–Trinajstić information content (AvgIpc) is 2.78. The van der Waals surface area contributed by atoms with Gasteiger partial charge in [-0.1, -0.05) is 11.6 Å². The summed E-state index contributed by atoms with van der Waals surface area (Å²) in [7, 11) is 1.96. The largest absolute Gasteiger partial charge is 0.306 e. The summed E-state index contributed by atoms with van der Waals surface area (Å²) in [5, 5.41) is 8.75. The van der Waals surface area contributed by atoms with E-state index in [1.54, 1.807) is 6.20 Å². The van der Waals surface area contributed by atoms with E-state index in [-0.39, 0.29) is 0 Å². The number of aromatic nitrogens is 3. The van der Waals surface area contributed by atoms with Crippen LogP contribution in [0, 0.1) is 13.8 Å². The monoisotopic (exact) mass is 270 g/mol. The number of halogens is 1. The number of nitrogens with zero attached hydrogens (tertiary/aromatic N) is 3. The van der Waals surface area contributed by atoms with Gasteiger partial charge in [0.2, 0.25) is 0 Å². The van der Waals surface area contributed by atoms with E-state index in [1.807, 2.05) is 18.7 Å². The van der Waals surface area contributed by atoms with Crippen molar-refractivity contribution >= 4 is 22.9 Å². The third kappa shape index (κ3) is 2.86. The maximum atomic E-state index is 5.83. The van der Waals surface area contributed by atoms with Crippen LogP contribution in [-0.4, -0.2) is 14.8 Å². The lowest BCUT2D eigenvalue weighted by molar-refractivity contribution is 0.681. The highest BCUT2D eigenvalue weighted by molar-refractivity contribution is 7.15. The van der Waals surface area contributed by atoms with Gasteiger partial charge in [-0.15, -0.1) is 11.3 Å². The molecule has 0 aromatic carbocycles. The molecule has 2 heterocycles. The number of thiazole rings is 1. The molecule has 4 nitrogen and oxygen atoms in total. The smallest absolute Gasteiger partial charge is 0.113 e. The molecule has 0 aliphatic rings. The van der Waals surface area contributed by atoms with Gasteiger partial charge in [-0.05, 0) is 13.8 Å². The molecular formula is C11H15ClN4S. The molecule has 2 aromatic rings.